The monoisotopic (exact) mass is 281 g/mol. The fourth-order valence-electron chi connectivity index (χ4n) is 2.04. The van der Waals surface area contributed by atoms with E-state index in [0.717, 1.165) is 25.0 Å². The van der Waals surface area contributed by atoms with Crippen molar-refractivity contribution in [2.45, 2.75) is 52.7 Å². The van der Waals surface area contributed by atoms with Gasteiger partial charge in [-0.25, -0.2) is 4.39 Å². The van der Waals surface area contributed by atoms with Crippen molar-refractivity contribution in [2.75, 3.05) is 13.2 Å². The molecular formula is C17H28FNO. The largest absolute Gasteiger partial charge is 0.372 e. The first kappa shape index (κ1) is 17.1. The van der Waals surface area contributed by atoms with Crippen LogP contribution in [0.3, 0.4) is 0 Å². The van der Waals surface area contributed by atoms with E-state index in [9.17, 15) is 4.39 Å². The molecule has 0 saturated carbocycles. The Morgan fingerprint density at radius 1 is 1.20 bits per heavy atom. The lowest BCUT2D eigenvalue weighted by atomic mass is 10.1. The van der Waals surface area contributed by atoms with E-state index >= 15 is 0 Å². The molecule has 0 spiro atoms. The Balaban J connectivity index is 2.55. The molecule has 0 bridgehead atoms. The molecule has 0 aromatic heterocycles. The van der Waals surface area contributed by atoms with Gasteiger partial charge >= 0.3 is 0 Å². The van der Waals surface area contributed by atoms with Crippen molar-refractivity contribution in [3.63, 3.8) is 0 Å². The molecule has 2 nitrogen and oxygen atoms in total. The molecule has 1 aromatic carbocycles. The summed E-state index contributed by atoms with van der Waals surface area (Å²) in [6.45, 7) is 10.1. The number of halogens is 1. The summed E-state index contributed by atoms with van der Waals surface area (Å²) in [4.78, 5) is 0. The van der Waals surface area contributed by atoms with Crippen LogP contribution in [-0.4, -0.2) is 19.2 Å². The highest BCUT2D eigenvalue weighted by Crippen LogP contribution is 2.19. The Hall–Kier alpha value is -0.930. The molecule has 20 heavy (non-hydrogen) atoms. The third-order valence-electron chi connectivity index (χ3n) is 3.18. The molecule has 0 aliphatic rings. The van der Waals surface area contributed by atoms with Gasteiger partial charge in [-0.3, -0.25) is 0 Å². The predicted molar refractivity (Wildman–Crippen MR) is 82.3 cm³/mol. The maximum atomic E-state index is 13.3. The molecule has 0 aliphatic heterocycles. The highest BCUT2D eigenvalue weighted by molar-refractivity contribution is 5.19. The Morgan fingerprint density at radius 3 is 2.55 bits per heavy atom. The number of nitrogens with one attached hydrogen (secondary N) is 1. The van der Waals surface area contributed by atoms with Gasteiger partial charge in [0.2, 0.25) is 0 Å². The lowest BCUT2D eigenvalue weighted by Gasteiger charge is -2.21. The van der Waals surface area contributed by atoms with Crippen LogP contribution in [0.4, 0.5) is 4.39 Å². The smallest absolute Gasteiger partial charge is 0.123 e. The first-order valence-corrected chi connectivity index (χ1v) is 7.59. The Bertz CT molecular complexity index is 379. The minimum Gasteiger partial charge on any atom is -0.372 e. The third-order valence-corrected chi connectivity index (χ3v) is 3.18. The summed E-state index contributed by atoms with van der Waals surface area (Å²) in [7, 11) is 0. The zero-order chi connectivity index (χ0) is 15.0. The molecule has 0 fully saturated rings. The van der Waals surface area contributed by atoms with Crippen LogP contribution in [0.15, 0.2) is 24.3 Å². The van der Waals surface area contributed by atoms with Gasteiger partial charge in [-0.2, -0.15) is 0 Å². The minimum atomic E-state index is -0.206. The molecule has 0 radical (unpaired) electrons. The standard InChI is InChI=1S/C17H28FNO/c1-13(2)7-6-10-20-17(12-19-14(3)4)15-8-5-9-16(18)11-15/h5,8-9,11,13-14,17,19H,6-7,10,12H2,1-4H3. The summed E-state index contributed by atoms with van der Waals surface area (Å²) in [5.74, 6) is 0.489. The van der Waals surface area contributed by atoms with Gasteiger partial charge in [-0.15, -0.1) is 0 Å². The van der Waals surface area contributed by atoms with E-state index < -0.39 is 0 Å². The van der Waals surface area contributed by atoms with Gasteiger partial charge in [0.1, 0.15) is 5.82 Å². The first-order valence-electron chi connectivity index (χ1n) is 7.59. The van der Waals surface area contributed by atoms with Crippen molar-refractivity contribution >= 4 is 0 Å². The van der Waals surface area contributed by atoms with Crippen molar-refractivity contribution in [1.29, 1.82) is 0 Å². The van der Waals surface area contributed by atoms with E-state index in [1.54, 1.807) is 12.1 Å². The predicted octanol–water partition coefficient (Wildman–Crippen LogP) is 4.32. The summed E-state index contributed by atoms with van der Waals surface area (Å²) in [5, 5.41) is 3.37. The lowest BCUT2D eigenvalue weighted by molar-refractivity contribution is 0.0472. The average Bonchev–Trinajstić information content (AvgIpc) is 2.37. The van der Waals surface area contributed by atoms with Gasteiger partial charge in [0.05, 0.1) is 6.10 Å². The molecule has 0 amide bonds. The van der Waals surface area contributed by atoms with Crippen molar-refractivity contribution in [2.24, 2.45) is 5.92 Å². The fraction of sp³-hybridized carbons (Fsp3) is 0.647. The van der Waals surface area contributed by atoms with E-state index in [2.05, 4.69) is 33.0 Å². The quantitative estimate of drug-likeness (QED) is 0.681. The normalized spacial score (nSPS) is 13.2. The fourth-order valence-corrected chi connectivity index (χ4v) is 2.04. The molecule has 1 N–H and O–H groups in total. The highest BCUT2D eigenvalue weighted by atomic mass is 19.1. The second-order valence-corrected chi connectivity index (χ2v) is 6.01. The Kier molecular flexibility index (Phi) is 7.78. The maximum Gasteiger partial charge on any atom is 0.123 e. The molecule has 0 saturated heterocycles. The van der Waals surface area contributed by atoms with E-state index in [0.29, 0.717) is 18.5 Å². The maximum absolute atomic E-state index is 13.3. The van der Waals surface area contributed by atoms with Crippen molar-refractivity contribution in [3.8, 4) is 0 Å². The molecule has 0 aliphatic carbocycles. The van der Waals surface area contributed by atoms with Gasteiger partial charge < -0.3 is 10.1 Å². The molecule has 1 aromatic rings. The number of rotatable bonds is 9. The zero-order valence-electron chi connectivity index (χ0n) is 13.2. The van der Waals surface area contributed by atoms with Crippen molar-refractivity contribution < 1.29 is 9.13 Å². The SMILES string of the molecule is CC(C)CCCOC(CNC(C)C)c1cccc(F)c1. The van der Waals surface area contributed by atoms with Gasteiger partial charge in [0.15, 0.2) is 0 Å². The van der Waals surface area contributed by atoms with Crippen LogP contribution in [-0.2, 0) is 4.74 Å². The van der Waals surface area contributed by atoms with Gasteiger partial charge in [0.25, 0.3) is 0 Å². The number of hydrogen-bond acceptors (Lipinski definition) is 2. The van der Waals surface area contributed by atoms with Crippen LogP contribution in [0, 0.1) is 11.7 Å². The van der Waals surface area contributed by atoms with Gasteiger partial charge in [-0.1, -0.05) is 39.8 Å². The van der Waals surface area contributed by atoms with Crippen LogP contribution in [0.2, 0.25) is 0 Å². The van der Waals surface area contributed by atoms with Crippen LogP contribution in [0.25, 0.3) is 0 Å². The Morgan fingerprint density at radius 2 is 1.95 bits per heavy atom. The first-order chi connectivity index (χ1) is 9.49. The molecular weight excluding hydrogens is 253 g/mol. The van der Waals surface area contributed by atoms with E-state index in [1.807, 2.05) is 6.07 Å². The number of benzene rings is 1. The van der Waals surface area contributed by atoms with Crippen LogP contribution < -0.4 is 5.32 Å². The lowest BCUT2D eigenvalue weighted by Crippen LogP contribution is -2.29. The van der Waals surface area contributed by atoms with E-state index in [1.165, 1.54) is 6.07 Å². The van der Waals surface area contributed by atoms with Crippen LogP contribution in [0.5, 0.6) is 0 Å². The third kappa shape index (κ3) is 7.01. The summed E-state index contributed by atoms with van der Waals surface area (Å²) in [5.41, 5.74) is 0.905. The molecule has 114 valence electrons. The highest BCUT2D eigenvalue weighted by Gasteiger charge is 2.13. The second-order valence-electron chi connectivity index (χ2n) is 6.01. The molecule has 1 atom stereocenters. The van der Waals surface area contributed by atoms with Crippen LogP contribution in [0.1, 0.15) is 52.2 Å². The van der Waals surface area contributed by atoms with Crippen LogP contribution >= 0.6 is 0 Å². The number of ether oxygens (including phenoxy) is 1. The molecule has 0 heterocycles. The summed E-state index contributed by atoms with van der Waals surface area (Å²) in [6, 6.07) is 7.10. The van der Waals surface area contributed by atoms with E-state index in [-0.39, 0.29) is 11.9 Å². The Labute approximate surface area is 122 Å². The molecule has 1 unspecified atom stereocenters. The van der Waals surface area contributed by atoms with E-state index in [4.69, 9.17) is 4.74 Å². The summed E-state index contributed by atoms with van der Waals surface area (Å²) >= 11 is 0. The second kappa shape index (κ2) is 9.09. The van der Waals surface area contributed by atoms with Crippen molar-refractivity contribution in [1.82, 2.24) is 5.32 Å². The van der Waals surface area contributed by atoms with Crippen molar-refractivity contribution in [3.05, 3.63) is 35.6 Å². The average molecular weight is 281 g/mol. The molecule has 3 heteroatoms. The topological polar surface area (TPSA) is 21.3 Å². The molecule has 1 rings (SSSR count). The van der Waals surface area contributed by atoms with Gasteiger partial charge in [0, 0.05) is 19.2 Å². The van der Waals surface area contributed by atoms with Gasteiger partial charge in [-0.05, 0) is 36.5 Å². The summed E-state index contributed by atoms with van der Waals surface area (Å²) in [6.07, 6.45) is 2.12. The zero-order valence-corrected chi connectivity index (χ0v) is 13.2. The summed E-state index contributed by atoms with van der Waals surface area (Å²) < 4.78 is 19.3. The number of hydrogen-bond donors (Lipinski definition) is 1. The minimum absolute atomic E-state index is 0.0831.